The molecule has 0 spiro atoms. The van der Waals surface area contributed by atoms with Gasteiger partial charge in [0.05, 0.1) is 0 Å². The summed E-state index contributed by atoms with van der Waals surface area (Å²) in [6.45, 7) is 17.7. The lowest BCUT2D eigenvalue weighted by molar-refractivity contribution is -0.132. The van der Waals surface area contributed by atoms with E-state index < -0.39 is 11.0 Å². The van der Waals surface area contributed by atoms with Crippen LogP contribution in [0.1, 0.15) is 101 Å². The van der Waals surface area contributed by atoms with Crippen molar-refractivity contribution in [1.29, 1.82) is 0 Å². The van der Waals surface area contributed by atoms with Crippen LogP contribution in [-0.2, 0) is 14.4 Å². The second-order valence-corrected chi connectivity index (χ2v) is 10.4. The number of carbonyl (C=O) groups excluding carboxylic acids is 3. The Morgan fingerprint density at radius 2 is 1.41 bits per heavy atom. The third kappa shape index (κ3) is 13.3. The highest BCUT2D eigenvalue weighted by molar-refractivity contribution is 5.82. The number of rotatable bonds is 13. The number of hydrogen-bond acceptors (Lipinski definition) is 3. The fourth-order valence-corrected chi connectivity index (χ4v) is 3.65. The summed E-state index contributed by atoms with van der Waals surface area (Å²) < 4.78 is 0. The fraction of sp³-hybridized carbons (Fsp3) is 0.870. The molecule has 0 saturated carbocycles. The molecule has 3 amide bonds. The van der Waals surface area contributed by atoms with Gasteiger partial charge in [-0.2, -0.15) is 0 Å². The topological polar surface area (TPSA) is 87.3 Å². The molecule has 6 heteroatoms. The van der Waals surface area contributed by atoms with Gasteiger partial charge in [0.25, 0.3) is 0 Å². The molecule has 0 rings (SSSR count). The lowest BCUT2D eigenvalue weighted by Crippen LogP contribution is -2.50. The Morgan fingerprint density at radius 3 is 1.93 bits per heavy atom. The minimum Gasteiger partial charge on any atom is -0.354 e. The van der Waals surface area contributed by atoms with Gasteiger partial charge in [-0.25, -0.2) is 0 Å². The Kier molecular flexibility index (Phi) is 11.5. The summed E-state index contributed by atoms with van der Waals surface area (Å²) in [7, 11) is 0. The minimum atomic E-state index is -0.597. The van der Waals surface area contributed by atoms with Crippen LogP contribution in [0.3, 0.4) is 0 Å². The molecule has 0 aliphatic heterocycles. The van der Waals surface area contributed by atoms with Crippen molar-refractivity contribution < 1.29 is 14.4 Å². The van der Waals surface area contributed by atoms with E-state index in [9.17, 15) is 14.4 Å². The number of unbranched alkanes of at least 4 members (excludes halogenated alkanes) is 1. The van der Waals surface area contributed by atoms with Gasteiger partial charge in [-0.3, -0.25) is 14.4 Å². The molecule has 1 atom stereocenters. The van der Waals surface area contributed by atoms with E-state index in [0.29, 0.717) is 25.2 Å². The van der Waals surface area contributed by atoms with E-state index in [1.807, 2.05) is 62.3 Å². The summed E-state index contributed by atoms with van der Waals surface area (Å²) in [5.41, 5.74) is -1.06. The largest absolute Gasteiger partial charge is 0.354 e. The molecule has 3 N–H and O–H groups in total. The van der Waals surface area contributed by atoms with Gasteiger partial charge in [0.15, 0.2) is 0 Å². The first-order valence-corrected chi connectivity index (χ1v) is 11.1. The lowest BCUT2D eigenvalue weighted by atomic mass is 9.79. The van der Waals surface area contributed by atoms with Crippen LogP contribution in [0.25, 0.3) is 0 Å². The van der Waals surface area contributed by atoms with Crippen LogP contribution in [-0.4, -0.2) is 35.3 Å². The average molecular weight is 412 g/mol. The molecule has 1 unspecified atom stereocenters. The summed E-state index contributed by atoms with van der Waals surface area (Å²) in [4.78, 5) is 36.6. The molecule has 0 aromatic carbocycles. The highest BCUT2D eigenvalue weighted by atomic mass is 16.2. The normalized spacial score (nSPS) is 13.3. The Bertz CT molecular complexity index is 539. The van der Waals surface area contributed by atoms with Crippen molar-refractivity contribution in [3.8, 4) is 0 Å². The molecule has 0 aromatic rings. The van der Waals surface area contributed by atoms with Crippen molar-refractivity contribution >= 4 is 17.7 Å². The van der Waals surface area contributed by atoms with Crippen molar-refractivity contribution in [2.24, 2.45) is 11.3 Å². The lowest BCUT2D eigenvalue weighted by Gasteiger charge is -2.35. The predicted molar refractivity (Wildman–Crippen MR) is 119 cm³/mol. The quantitative estimate of drug-likeness (QED) is 0.401. The van der Waals surface area contributed by atoms with E-state index in [2.05, 4.69) is 16.0 Å². The van der Waals surface area contributed by atoms with Crippen LogP contribution in [0.15, 0.2) is 0 Å². The van der Waals surface area contributed by atoms with Crippen molar-refractivity contribution in [1.82, 2.24) is 16.0 Å². The zero-order valence-corrected chi connectivity index (χ0v) is 20.2. The molecule has 0 radical (unpaired) electrons. The zero-order valence-electron chi connectivity index (χ0n) is 20.2. The molecule has 0 aromatic heterocycles. The summed E-state index contributed by atoms with van der Waals surface area (Å²) in [5, 5.41) is 9.05. The Balaban J connectivity index is 4.43. The average Bonchev–Trinajstić information content (AvgIpc) is 2.47. The van der Waals surface area contributed by atoms with Gasteiger partial charge >= 0.3 is 0 Å². The third-order valence-electron chi connectivity index (χ3n) is 4.69. The standard InChI is InChI=1S/C23H45N3O3/c1-16(2)14-20(28)26-23(8,9)15-22(6,7)21(29)25-18(5)12-10-11-13-19(27)24-17(3)4/h16-18H,10-15H2,1-9H3,(H,24,27)(H,25,29)(H,26,28). The highest BCUT2D eigenvalue weighted by Crippen LogP contribution is 2.28. The first-order chi connectivity index (χ1) is 13.1. The van der Waals surface area contributed by atoms with Crippen molar-refractivity contribution in [2.75, 3.05) is 0 Å². The second-order valence-electron chi connectivity index (χ2n) is 10.4. The summed E-state index contributed by atoms with van der Waals surface area (Å²) in [5.74, 6) is 0.406. The van der Waals surface area contributed by atoms with Crippen molar-refractivity contribution in [3.05, 3.63) is 0 Å². The van der Waals surface area contributed by atoms with Crippen LogP contribution in [0, 0.1) is 11.3 Å². The van der Waals surface area contributed by atoms with E-state index in [-0.39, 0.29) is 29.8 Å². The number of amides is 3. The monoisotopic (exact) mass is 411 g/mol. The zero-order chi connectivity index (χ0) is 22.8. The van der Waals surface area contributed by atoms with E-state index in [4.69, 9.17) is 0 Å². The van der Waals surface area contributed by atoms with Gasteiger partial charge in [0.1, 0.15) is 0 Å². The maximum absolute atomic E-state index is 12.8. The third-order valence-corrected chi connectivity index (χ3v) is 4.69. The summed E-state index contributed by atoms with van der Waals surface area (Å²) in [6.07, 6.45) is 4.11. The van der Waals surface area contributed by atoms with Crippen LogP contribution in [0.5, 0.6) is 0 Å². The summed E-state index contributed by atoms with van der Waals surface area (Å²) >= 11 is 0. The van der Waals surface area contributed by atoms with Gasteiger partial charge in [-0.15, -0.1) is 0 Å². The van der Waals surface area contributed by atoms with Gasteiger partial charge < -0.3 is 16.0 Å². The fourth-order valence-electron chi connectivity index (χ4n) is 3.65. The number of nitrogens with one attached hydrogen (secondary N) is 3. The number of hydrogen-bond donors (Lipinski definition) is 3. The molecule has 170 valence electrons. The van der Waals surface area contributed by atoms with Crippen LogP contribution < -0.4 is 16.0 Å². The van der Waals surface area contributed by atoms with Gasteiger partial charge in [-0.1, -0.05) is 34.1 Å². The first kappa shape index (κ1) is 27.4. The second kappa shape index (κ2) is 12.2. The Hall–Kier alpha value is -1.59. The van der Waals surface area contributed by atoms with E-state index in [0.717, 1.165) is 19.3 Å². The van der Waals surface area contributed by atoms with Crippen molar-refractivity contribution in [3.63, 3.8) is 0 Å². The molecular formula is C23H45N3O3. The first-order valence-electron chi connectivity index (χ1n) is 11.1. The highest BCUT2D eigenvalue weighted by Gasteiger charge is 2.36. The molecule has 0 aliphatic carbocycles. The smallest absolute Gasteiger partial charge is 0.225 e. The van der Waals surface area contributed by atoms with Gasteiger partial charge in [0, 0.05) is 35.9 Å². The SMILES string of the molecule is CC(C)CC(=O)NC(C)(C)CC(C)(C)C(=O)NC(C)CCCCC(=O)NC(C)C. The molecular weight excluding hydrogens is 366 g/mol. The minimum absolute atomic E-state index is 0.00580. The van der Waals surface area contributed by atoms with Gasteiger partial charge in [-0.05, 0) is 59.8 Å². The van der Waals surface area contributed by atoms with Crippen LogP contribution >= 0.6 is 0 Å². The molecule has 29 heavy (non-hydrogen) atoms. The van der Waals surface area contributed by atoms with E-state index in [1.165, 1.54) is 0 Å². The Labute approximate surface area is 178 Å². The molecule has 0 fully saturated rings. The number of carbonyl (C=O) groups is 3. The maximum atomic E-state index is 12.8. The maximum Gasteiger partial charge on any atom is 0.225 e. The van der Waals surface area contributed by atoms with E-state index >= 15 is 0 Å². The molecule has 0 saturated heterocycles. The molecule has 6 nitrogen and oxygen atoms in total. The predicted octanol–water partition coefficient (Wildman–Crippen LogP) is 3.93. The Morgan fingerprint density at radius 1 is 0.828 bits per heavy atom. The van der Waals surface area contributed by atoms with Crippen molar-refractivity contribution in [2.45, 2.75) is 118 Å². The molecule has 0 heterocycles. The van der Waals surface area contributed by atoms with E-state index in [1.54, 1.807) is 0 Å². The van der Waals surface area contributed by atoms with Gasteiger partial charge in [0.2, 0.25) is 17.7 Å². The molecule has 0 bridgehead atoms. The summed E-state index contributed by atoms with van der Waals surface area (Å²) in [6, 6.07) is 0.218. The van der Waals surface area contributed by atoms with Crippen LogP contribution in [0.4, 0.5) is 0 Å². The molecule has 0 aliphatic rings. The van der Waals surface area contributed by atoms with Crippen LogP contribution in [0.2, 0.25) is 0 Å².